The number of hydrogen-bond donors (Lipinski definition) is 3. The molecule has 0 aromatic carbocycles. The van der Waals surface area contributed by atoms with Gasteiger partial charge in [0.05, 0.1) is 0 Å². The summed E-state index contributed by atoms with van der Waals surface area (Å²) in [5.74, 6) is -3.65. The zero-order valence-corrected chi connectivity index (χ0v) is 11.1. The molecule has 0 bridgehead atoms. The predicted molar refractivity (Wildman–Crippen MR) is 67.2 cm³/mol. The first-order chi connectivity index (χ1) is 8.50. The number of hydrogen-bond acceptors (Lipinski definition) is 4. The molecule has 2 heterocycles. The lowest BCUT2D eigenvalue weighted by molar-refractivity contribution is -0.159. The van der Waals surface area contributed by atoms with Gasteiger partial charge in [-0.05, 0) is 46.9 Å². The van der Waals surface area contributed by atoms with Crippen LogP contribution < -0.4 is 5.32 Å². The number of carboxylic acid groups (broad SMARTS) is 2. The van der Waals surface area contributed by atoms with E-state index in [-0.39, 0.29) is 0 Å². The normalized spacial score (nSPS) is 17.7. The minimum atomic E-state index is -1.82. The molecule has 98 valence electrons. The minimum Gasteiger partial charge on any atom is -0.473 e. The van der Waals surface area contributed by atoms with Crippen LogP contribution in [-0.4, -0.2) is 33.7 Å². The van der Waals surface area contributed by atoms with Crippen molar-refractivity contribution in [2.75, 3.05) is 6.54 Å². The summed E-state index contributed by atoms with van der Waals surface area (Å²) in [5.41, 5.74) is 1.29. The van der Waals surface area contributed by atoms with Gasteiger partial charge in [0.1, 0.15) is 0 Å². The van der Waals surface area contributed by atoms with Crippen LogP contribution in [0.25, 0.3) is 0 Å². The Morgan fingerprint density at radius 2 is 2.00 bits per heavy atom. The van der Waals surface area contributed by atoms with Gasteiger partial charge in [0.25, 0.3) is 0 Å². The lowest BCUT2D eigenvalue weighted by Crippen LogP contribution is -2.12. The van der Waals surface area contributed by atoms with Crippen LogP contribution in [0.15, 0.2) is 22.9 Å². The minimum absolute atomic E-state index is 0.523. The maximum Gasteiger partial charge on any atom is 0.414 e. The van der Waals surface area contributed by atoms with Crippen molar-refractivity contribution in [3.63, 3.8) is 0 Å². The summed E-state index contributed by atoms with van der Waals surface area (Å²) in [6.07, 6.45) is 6.27. The molecule has 3 N–H and O–H groups in total. The Morgan fingerprint density at radius 1 is 1.33 bits per heavy atom. The molecule has 1 aliphatic rings. The molecule has 0 amide bonds. The molecule has 2 rings (SSSR count). The highest BCUT2D eigenvalue weighted by atomic mass is 79.9. The van der Waals surface area contributed by atoms with Crippen molar-refractivity contribution in [2.24, 2.45) is 0 Å². The lowest BCUT2D eigenvalue weighted by Gasteiger charge is -2.09. The van der Waals surface area contributed by atoms with Crippen LogP contribution in [0, 0.1) is 0 Å². The fraction of sp³-hybridized carbons (Fsp3) is 0.364. The van der Waals surface area contributed by atoms with E-state index in [1.165, 1.54) is 18.4 Å². The summed E-state index contributed by atoms with van der Waals surface area (Å²) < 4.78 is 1.06. The van der Waals surface area contributed by atoms with Gasteiger partial charge in [-0.1, -0.05) is 0 Å². The van der Waals surface area contributed by atoms with E-state index < -0.39 is 11.9 Å². The first kappa shape index (κ1) is 14.6. The van der Waals surface area contributed by atoms with E-state index in [1.807, 2.05) is 12.4 Å². The van der Waals surface area contributed by atoms with Crippen molar-refractivity contribution < 1.29 is 19.8 Å². The molecule has 1 atom stereocenters. The number of halogens is 1. The summed E-state index contributed by atoms with van der Waals surface area (Å²) in [4.78, 5) is 22.3. The summed E-state index contributed by atoms with van der Waals surface area (Å²) in [5, 5.41) is 18.2. The van der Waals surface area contributed by atoms with Crippen molar-refractivity contribution in [3.05, 3.63) is 28.5 Å². The molecule has 0 aliphatic carbocycles. The monoisotopic (exact) mass is 316 g/mol. The van der Waals surface area contributed by atoms with E-state index in [0.29, 0.717) is 6.04 Å². The van der Waals surface area contributed by atoms with Crippen LogP contribution in [0.5, 0.6) is 0 Å². The number of aromatic nitrogens is 1. The molecule has 7 heteroatoms. The summed E-state index contributed by atoms with van der Waals surface area (Å²) >= 11 is 3.42. The third-order valence-electron chi connectivity index (χ3n) is 2.37. The van der Waals surface area contributed by atoms with E-state index in [9.17, 15) is 0 Å². The van der Waals surface area contributed by atoms with Crippen LogP contribution in [-0.2, 0) is 9.59 Å². The van der Waals surface area contributed by atoms with Gasteiger partial charge in [-0.3, -0.25) is 4.98 Å². The SMILES string of the molecule is Brc1cncc(C2CCCN2)c1.O=C(O)C(=O)O. The fourth-order valence-electron chi connectivity index (χ4n) is 1.59. The zero-order chi connectivity index (χ0) is 13.5. The van der Waals surface area contributed by atoms with E-state index >= 15 is 0 Å². The lowest BCUT2D eigenvalue weighted by atomic mass is 10.1. The number of pyridine rings is 1. The summed E-state index contributed by atoms with van der Waals surface area (Å²) in [6.45, 7) is 1.14. The van der Waals surface area contributed by atoms with Crippen molar-refractivity contribution in [1.82, 2.24) is 10.3 Å². The molecular formula is C11H13BrN2O4. The van der Waals surface area contributed by atoms with Crippen molar-refractivity contribution in [2.45, 2.75) is 18.9 Å². The number of aliphatic carboxylic acids is 2. The Kier molecular flexibility index (Phi) is 5.73. The second-order valence-electron chi connectivity index (χ2n) is 3.70. The molecule has 1 aromatic rings. The second kappa shape index (κ2) is 7.07. The van der Waals surface area contributed by atoms with Crippen molar-refractivity contribution >= 4 is 27.9 Å². The average Bonchev–Trinajstić information content (AvgIpc) is 2.83. The Bertz CT molecular complexity index is 421. The van der Waals surface area contributed by atoms with Gasteiger partial charge in [-0.25, -0.2) is 9.59 Å². The summed E-state index contributed by atoms with van der Waals surface area (Å²) in [6, 6.07) is 2.66. The molecule has 1 aromatic heterocycles. The van der Waals surface area contributed by atoms with E-state index in [4.69, 9.17) is 19.8 Å². The molecule has 0 saturated carbocycles. The van der Waals surface area contributed by atoms with Crippen LogP contribution >= 0.6 is 15.9 Å². The van der Waals surface area contributed by atoms with Gasteiger partial charge in [0.15, 0.2) is 0 Å². The Balaban J connectivity index is 0.000000232. The maximum absolute atomic E-state index is 9.10. The van der Waals surface area contributed by atoms with Gasteiger partial charge in [0, 0.05) is 22.9 Å². The molecule has 1 saturated heterocycles. The molecule has 0 spiro atoms. The topological polar surface area (TPSA) is 99.5 Å². The van der Waals surface area contributed by atoms with E-state index in [2.05, 4.69) is 32.3 Å². The third kappa shape index (κ3) is 4.80. The Labute approximate surface area is 112 Å². The standard InChI is InChI=1S/C9H11BrN2.C2H2O4/c10-8-4-7(5-11-6-8)9-2-1-3-12-9;3-1(4)2(5)6/h4-6,9,12H,1-3H2;(H,3,4)(H,5,6). The van der Waals surface area contributed by atoms with Gasteiger partial charge in [-0.2, -0.15) is 0 Å². The number of nitrogens with one attached hydrogen (secondary N) is 1. The smallest absolute Gasteiger partial charge is 0.414 e. The first-order valence-corrected chi connectivity index (χ1v) is 6.10. The molecule has 0 radical (unpaired) electrons. The summed E-state index contributed by atoms with van der Waals surface area (Å²) in [7, 11) is 0. The van der Waals surface area contributed by atoms with E-state index in [1.54, 1.807) is 0 Å². The first-order valence-electron chi connectivity index (χ1n) is 5.30. The highest BCUT2D eigenvalue weighted by Crippen LogP contribution is 2.23. The number of carbonyl (C=O) groups is 2. The van der Waals surface area contributed by atoms with Crippen LogP contribution in [0.2, 0.25) is 0 Å². The maximum atomic E-state index is 9.10. The average molecular weight is 317 g/mol. The van der Waals surface area contributed by atoms with Gasteiger partial charge in [-0.15, -0.1) is 0 Å². The van der Waals surface area contributed by atoms with Gasteiger partial charge in [0.2, 0.25) is 0 Å². The second-order valence-corrected chi connectivity index (χ2v) is 4.61. The van der Waals surface area contributed by atoms with E-state index in [0.717, 1.165) is 11.0 Å². The highest BCUT2D eigenvalue weighted by molar-refractivity contribution is 9.10. The number of nitrogens with zero attached hydrogens (tertiary/aromatic N) is 1. The van der Waals surface area contributed by atoms with Crippen LogP contribution in [0.3, 0.4) is 0 Å². The Hall–Kier alpha value is -1.47. The number of carboxylic acids is 2. The fourth-order valence-corrected chi connectivity index (χ4v) is 1.97. The largest absolute Gasteiger partial charge is 0.473 e. The zero-order valence-electron chi connectivity index (χ0n) is 9.47. The van der Waals surface area contributed by atoms with Crippen molar-refractivity contribution in [3.8, 4) is 0 Å². The van der Waals surface area contributed by atoms with Crippen LogP contribution in [0.1, 0.15) is 24.4 Å². The molecule has 18 heavy (non-hydrogen) atoms. The number of rotatable bonds is 1. The van der Waals surface area contributed by atoms with Crippen LogP contribution in [0.4, 0.5) is 0 Å². The quantitative estimate of drug-likeness (QED) is 0.678. The predicted octanol–water partition coefficient (Wildman–Crippen LogP) is 1.42. The molecule has 1 unspecified atom stereocenters. The van der Waals surface area contributed by atoms with Gasteiger partial charge < -0.3 is 15.5 Å². The molecule has 6 nitrogen and oxygen atoms in total. The highest BCUT2D eigenvalue weighted by Gasteiger charge is 2.15. The Morgan fingerprint density at radius 3 is 2.44 bits per heavy atom. The molecule has 1 fully saturated rings. The molecular weight excluding hydrogens is 304 g/mol. The molecule has 1 aliphatic heterocycles. The van der Waals surface area contributed by atoms with Gasteiger partial charge >= 0.3 is 11.9 Å². The van der Waals surface area contributed by atoms with Crippen molar-refractivity contribution in [1.29, 1.82) is 0 Å². The third-order valence-corrected chi connectivity index (χ3v) is 2.81.